The molecular formula is C15H20O4. The lowest BCUT2D eigenvalue weighted by Crippen LogP contribution is -2.10. The zero-order valence-corrected chi connectivity index (χ0v) is 10.9. The first-order valence-corrected chi connectivity index (χ1v) is 6.59. The van der Waals surface area contributed by atoms with Crippen molar-refractivity contribution >= 4 is 11.9 Å². The van der Waals surface area contributed by atoms with E-state index < -0.39 is 11.9 Å². The van der Waals surface area contributed by atoms with E-state index in [1.165, 1.54) is 19.3 Å². The first-order valence-electron chi connectivity index (χ1n) is 6.59. The predicted molar refractivity (Wildman–Crippen MR) is 72.2 cm³/mol. The molecule has 19 heavy (non-hydrogen) atoms. The van der Waals surface area contributed by atoms with Crippen LogP contribution in [0.4, 0.5) is 0 Å². The van der Waals surface area contributed by atoms with Crippen molar-refractivity contribution in [1.29, 1.82) is 0 Å². The van der Waals surface area contributed by atoms with Crippen LogP contribution in [-0.4, -0.2) is 22.2 Å². The van der Waals surface area contributed by atoms with Crippen LogP contribution in [0.3, 0.4) is 0 Å². The minimum absolute atomic E-state index is 0.331. The Labute approximate surface area is 113 Å². The maximum Gasteiger partial charge on any atom is 0.335 e. The molecule has 0 heterocycles. The third kappa shape index (κ3) is 6.60. The summed E-state index contributed by atoms with van der Waals surface area (Å²) in [5.74, 6) is -1.03. The second-order valence-electron chi connectivity index (χ2n) is 4.77. The first-order chi connectivity index (χ1) is 9.09. The van der Waals surface area contributed by atoms with Crippen molar-refractivity contribution in [3.63, 3.8) is 0 Å². The number of carboxylic acids is 2. The number of rotatable bonds is 3. The Morgan fingerprint density at radius 1 is 1.00 bits per heavy atom. The Hall–Kier alpha value is -1.84. The summed E-state index contributed by atoms with van der Waals surface area (Å²) in [6.45, 7) is 0. The molecule has 2 N–H and O–H groups in total. The number of aliphatic carboxylic acids is 1. The third-order valence-electron chi connectivity index (χ3n) is 3.21. The van der Waals surface area contributed by atoms with E-state index in [1.54, 1.807) is 30.3 Å². The summed E-state index contributed by atoms with van der Waals surface area (Å²) in [6, 6.07) is 8.30. The molecule has 4 heteroatoms. The minimum atomic E-state index is -0.879. The van der Waals surface area contributed by atoms with E-state index in [9.17, 15) is 9.59 Å². The van der Waals surface area contributed by atoms with Gasteiger partial charge in [0.2, 0.25) is 0 Å². The van der Waals surface area contributed by atoms with E-state index in [4.69, 9.17) is 10.2 Å². The van der Waals surface area contributed by atoms with Gasteiger partial charge in [-0.1, -0.05) is 37.5 Å². The molecule has 0 saturated heterocycles. The number of aromatic carboxylic acids is 1. The summed E-state index contributed by atoms with van der Waals surface area (Å²) in [7, 11) is 0. The standard InChI is InChI=1S/C8H14O2.C7H6O2/c9-8(10)6-7-4-2-1-3-5-7;8-7(9)6-4-2-1-3-5-6/h7H,1-6H2,(H,9,10);1-5H,(H,8,9). The molecule has 4 nitrogen and oxygen atoms in total. The van der Waals surface area contributed by atoms with Gasteiger partial charge in [-0.25, -0.2) is 4.79 Å². The second-order valence-corrected chi connectivity index (χ2v) is 4.77. The van der Waals surface area contributed by atoms with Crippen LogP contribution >= 0.6 is 0 Å². The summed E-state index contributed by atoms with van der Waals surface area (Å²) in [6.07, 6.45) is 6.42. The lowest BCUT2D eigenvalue weighted by Gasteiger charge is -2.18. The third-order valence-corrected chi connectivity index (χ3v) is 3.21. The van der Waals surface area contributed by atoms with Crippen molar-refractivity contribution in [2.75, 3.05) is 0 Å². The van der Waals surface area contributed by atoms with Gasteiger partial charge in [-0.2, -0.15) is 0 Å². The molecule has 1 saturated carbocycles. The van der Waals surface area contributed by atoms with Crippen molar-refractivity contribution in [3.8, 4) is 0 Å². The zero-order chi connectivity index (χ0) is 14.1. The quantitative estimate of drug-likeness (QED) is 0.877. The molecule has 0 aromatic heterocycles. The lowest BCUT2D eigenvalue weighted by molar-refractivity contribution is -0.138. The van der Waals surface area contributed by atoms with Crippen LogP contribution in [0.15, 0.2) is 30.3 Å². The van der Waals surface area contributed by atoms with Crippen molar-refractivity contribution in [1.82, 2.24) is 0 Å². The second kappa shape index (κ2) is 8.29. The number of carboxylic acid groups (broad SMARTS) is 2. The molecule has 2 rings (SSSR count). The molecule has 0 amide bonds. The fourth-order valence-electron chi connectivity index (χ4n) is 2.22. The molecule has 1 aliphatic rings. The molecule has 1 aliphatic carbocycles. The Bertz CT molecular complexity index is 394. The summed E-state index contributed by atoms with van der Waals surface area (Å²) in [5, 5.41) is 16.9. The van der Waals surface area contributed by atoms with Crippen molar-refractivity contribution in [2.24, 2.45) is 5.92 Å². The van der Waals surface area contributed by atoms with Gasteiger partial charge in [0, 0.05) is 6.42 Å². The van der Waals surface area contributed by atoms with Gasteiger partial charge in [0.15, 0.2) is 0 Å². The monoisotopic (exact) mass is 264 g/mol. The number of hydrogen-bond acceptors (Lipinski definition) is 2. The molecule has 0 radical (unpaired) electrons. The van der Waals surface area contributed by atoms with Crippen LogP contribution in [-0.2, 0) is 4.79 Å². The summed E-state index contributed by atoms with van der Waals surface area (Å²) in [5.41, 5.74) is 0.331. The summed E-state index contributed by atoms with van der Waals surface area (Å²) in [4.78, 5) is 20.5. The first kappa shape index (κ1) is 15.2. The van der Waals surface area contributed by atoms with Crippen molar-refractivity contribution in [2.45, 2.75) is 38.5 Å². The molecule has 1 aromatic rings. The summed E-state index contributed by atoms with van der Waals surface area (Å²) < 4.78 is 0. The molecule has 0 atom stereocenters. The number of benzene rings is 1. The van der Waals surface area contributed by atoms with Crippen LogP contribution in [0.25, 0.3) is 0 Å². The van der Waals surface area contributed by atoms with E-state index in [2.05, 4.69) is 0 Å². The average Bonchev–Trinajstić information content (AvgIpc) is 2.41. The Morgan fingerprint density at radius 2 is 1.58 bits per heavy atom. The van der Waals surface area contributed by atoms with Gasteiger partial charge >= 0.3 is 11.9 Å². The molecule has 104 valence electrons. The van der Waals surface area contributed by atoms with E-state index in [0.717, 1.165) is 12.8 Å². The highest BCUT2D eigenvalue weighted by molar-refractivity contribution is 5.87. The van der Waals surface area contributed by atoms with Gasteiger partial charge in [-0.05, 0) is 30.9 Å². The van der Waals surface area contributed by atoms with E-state index in [1.807, 2.05) is 0 Å². The molecule has 0 bridgehead atoms. The average molecular weight is 264 g/mol. The Morgan fingerprint density at radius 3 is 2.00 bits per heavy atom. The Balaban J connectivity index is 0.000000191. The molecule has 0 aliphatic heterocycles. The SMILES string of the molecule is O=C(O)CC1CCCCC1.O=C(O)c1ccccc1. The van der Waals surface area contributed by atoms with E-state index in [-0.39, 0.29) is 0 Å². The van der Waals surface area contributed by atoms with Crippen LogP contribution in [0.2, 0.25) is 0 Å². The van der Waals surface area contributed by atoms with Gasteiger partial charge < -0.3 is 10.2 Å². The summed E-state index contributed by atoms with van der Waals surface area (Å²) >= 11 is 0. The molecule has 0 spiro atoms. The number of carbonyl (C=O) groups is 2. The van der Waals surface area contributed by atoms with Crippen LogP contribution in [0, 0.1) is 5.92 Å². The fourth-order valence-corrected chi connectivity index (χ4v) is 2.22. The number of hydrogen-bond donors (Lipinski definition) is 2. The molecule has 1 aromatic carbocycles. The smallest absolute Gasteiger partial charge is 0.335 e. The Kier molecular flexibility index (Phi) is 6.64. The van der Waals surface area contributed by atoms with E-state index >= 15 is 0 Å². The van der Waals surface area contributed by atoms with Crippen LogP contribution in [0.5, 0.6) is 0 Å². The highest BCUT2D eigenvalue weighted by atomic mass is 16.4. The topological polar surface area (TPSA) is 74.6 Å². The zero-order valence-electron chi connectivity index (χ0n) is 10.9. The molecule has 1 fully saturated rings. The minimum Gasteiger partial charge on any atom is -0.481 e. The maximum absolute atomic E-state index is 10.3. The van der Waals surface area contributed by atoms with Crippen molar-refractivity contribution in [3.05, 3.63) is 35.9 Å². The maximum atomic E-state index is 10.3. The lowest BCUT2D eigenvalue weighted by atomic mass is 9.87. The van der Waals surface area contributed by atoms with Gasteiger partial charge in [0.1, 0.15) is 0 Å². The van der Waals surface area contributed by atoms with E-state index in [0.29, 0.717) is 17.9 Å². The van der Waals surface area contributed by atoms with Gasteiger partial charge in [-0.3, -0.25) is 4.79 Å². The predicted octanol–water partition coefficient (Wildman–Crippen LogP) is 3.43. The molecule has 0 unspecified atom stereocenters. The normalized spacial score (nSPS) is 15.2. The van der Waals surface area contributed by atoms with Crippen LogP contribution < -0.4 is 0 Å². The largest absolute Gasteiger partial charge is 0.481 e. The fraction of sp³-hybridized carbons (Fsp3) is 0.467. The highest BCUT2D eigenvalue weighted by Gasteiger charge is 2.15. The van der Waals surface area contributed by atoms with Gasteiger partial charge in [-0.15, -0.1) is 0 Å². The van der Waals surface area contributed by atoms with Crippen molar-refractivity contribution < 1.29 is 19.8 Å². The highest BCUT2D eigenvalue weighted by Crippen LogP contribution is 2.25. The van der Waals surface area contributed by atoms with Crippen LogP contribution in [0.1, 0.15) is 48.9 Å². The van der Waals surface area contributed by atoms with Gasteiger partial charge in [0.25, 0.3) is 0 Å². The van der Waals surface area contributed by atoms with Gasteiger partial charge in [0.05, 0.1) is 5.56 Å². The molecular weight excluding hydrogens is 244 g/mol.